The van der Waals surface area contributed by atoms with Crippen LogP contribution in [0.2, 0.25) is 5.28 Å². The Morgan fingerprint density at radius 3 is 1.24 bits per heavy atom. The summed E-state index contributed by atoms with van der Waals surface area (Å²) in [4.78, 5) is 24.8. The molecule has 0 amide bonds. The van der Waals surface area contributed by atoms with Gasteiger partial charge in [-0.1, -0.05) is 26.7 Å². The van der Waals surface area contributed by atoms with Gasteiger partial charge in [-0.15, -0.1) is 0 Å². The molecule has 2 saturated heterocycles. The molecule has 0 bridgehead atoms. The lowest BCUT2D eigenvalue weighted by Gasteiger charge is -2.56. The topological polar surface area (TPSA) is 128 Å². The molecular weight excluding hydrogens is 658 g/mol. The fourth-order valence-corrected chi connectivity index (χ4v) is 8.25. The molecule has 3 heterocycles. The van der Waals surface area contributed by atoms with E-state index in [1.54, 1.807) is 0 Å². The Morgan fingerprint density at radius 1 is 0.608 bits per heavy atom. The summed E-state index contributed by atoms with van der Waals surface area (Å²) in [5, 5.41) is 6.88. The number of rotatable bonds is 19. The van der Waals surface area contributed by atoms with E-state index in [1.165, 1.54) is 0 Å². The van der Waals surface area contributed by atoms with Crippen LogP contribution in [0.3, 0.4) is 0 Å². The van der Waals surface area contributed by atoms with E-state index in [2.05, 4.69) is 114 Å². The first-order valence-corrected chi connectivity index (χ1v) is 20.5. The van der Waals surface area contributed by atoms with E-state index < -0.39 is 0 Å². The highest BCUT2D eigenvalue weighted by atomic mass is 35.5. The van der Waals surface area contributed by atoms with Crippen molar-refractivity contribution in [3.05, 3.63) is 5.28 Å². The fraction of sp³-hybridized carbons (Fsp3) is 0.923. The molecule has 12 heteroatoms. The molecule has 298 valence electrons. The number of anilines is 2. The second-order valence-electron chi connectivity index (χ2n) is 17.6. The molecule has 0 saturated carbocycles. The minimum absolute atomic E-state index is 0.0784. The average molecular weight is 739 g/mol. The summed E-state index contributed by atoms with van der Waals surface area (Å²) >= 11 is 6.72. The molecule has 0 spiro atoms. The monoisotopic (exact) mass is 738 g/mol. The normalized spacial score (nSPS) is 20.5. The van der Waals surface area contributed by atoms with Crippen molar-refractivity contribution in [2.45, 2.75) is 168 Å². The molecule has 1 aromatic heterocycles. The second kappa shape index (κ2) is 20.9. The zero-order valence-corrected chi connectivity index (χ0v) is 35.8. The number of halogens is 1. The lowest BCUT2D eigenvalue weighted by atomic mass is 9.77. The number of piperidine rings is 2. The van der Waals surface area contributed by atoms with Gasteiger partial charge >= 0.3 is 0 Å². The molecule has 1 aromatic rings. The number of nitrogens with one attached hydrogen (secondary N) is 2. The van der Waals surface area contributed by atoms with Crippen LogP contribution in [0.1, 0.15) is 133 Å². The highest BCUT2D eigenvalue weighted by Crippen LogP contribution is 2.42. The van der Waals surface area contributed by atoms with Crippen molar-refractivity contribution in [3.63, 3.8) is 0 Å². The number of unbranched alkanes of at least 4 members (excludes halogenated alkanes) is 2. The third-order valence-corrected chi connectivity index (χ3v) is 11.8. The van der Waals surface area contributed by atoms with E-state index in [4.69, 9.17) is 38.0 Å². The molecule has 11 nitrogen and oxygen atoms in total. The van der Waals surface area contributed by atoms with Crippen LogP contribution in [0, 0.1) is 0 Å². The fourth-order valence-electron chi connectivity index (χ4n) is 8.09. The molecule has 0 unspecified atom stereocenters. The summed E-state index contributed by atoms with van der Waals surface area (Å²) in [5.74, 6) is 1.49. The zero-order valence-electron chi connectivity index (χ0n) is 35.0. The van der Waals surface area contributed by atoms with Crippen LogP contribution in [0.25, 0.3) is 0 Å². The molecule has 0 radical (unpaired) electrons. The Hall–Kier alpha value is -1.34. The first-order chi connectivity index (χ1) is 23.9. The maximum Gasteiger partial charge on any atom is 0.231 e. The van der Waals surface area contributed by atoms with Gasteiger partial charge in [0.15, 0.2) is 0 Å². The number of aromatic nitrogens is 3. The Kier molecular flexibility index (Phi) is 18.8. The largest absolute Gasteiger partial charge is 0.338 e. The standard InChI is InChI=1S/C31H58ClN7.C8H22N4/c1-13-15-17-38(23-19-28(3,4)36(11)29(5,6)20-23)26-33-25(32)34-27(35-26)39(18-16-14-2)24-21-30(7,8)37(12)31(9,10)22-24;9-3-1-5-11-7-8-12-6-2-4-10/h23-24H,13-22H2,1-12H3;11-12H,1-10H2. The molecule has 2 aliphatic heterocycles. The van der Waals surface area contributed by atoms with Crippen molar-refractivity contribution < 1.29 is 0 Å². The highest BCUT2D eigenvalue weighted by molar-refractivity contribution is 6.28. The summed E-state index contributed by atoms with van der Waals surface area (Å²) < 4.78 is 0. The van der Waals surface area contributed by atoms with Crippen LogP contribution >= 0.6 is 11.6 Å². The van der Waals surface area contributed by atoms with Gasteiger partial charge in [-0.3, -0.25) is 9.80 Å². The van der Waals surface area contributed by atoms with Gasteiger partial charge in [0.05, 0.1) is 0 Å². The van der Waals surface area contributed by atoms with Crippen LogP contribution in [-0.2, 0) is 0 Å². The lowest BCUT2D eigenvalue weighted by Crippen LogP contribution is -2.63. The summed E-state index contributed by atoms with van der Waals surface area (Å²) in [6.45, 7) is 30.9. The van der Waals surface area contributed by atoms with E-state index in [0.717, 1.165) is 128 Å². The highest BCUT2D eigenvalue weighted by Gasteiger charge is 2.47. The Bertz CT molecular complexity index is 1010. The maximum absolute atomic E-state index is 6.72. The minimum atomic E-state index is 0.0784. The first kappa shape index (κ1) is 45.8. The van der Waals surface area contributed by atoms with Gasteiger partial charge in [0.1, 0.15) is 0 Å². The van der Waals surface area contributed by atoms with Gasteiger partial charge in [0, 0.05) is 60.4 Å². The van der Waals surface area contributed by atoms with E-state index in [9.17, 15) is 0 Å². The lowest BCUT2D eigenvalue weighted by molar-refractivity contribution is -0.0130. The summed E-state index contributed by atoms with van der Waals surface area (Å²) in [6, 6.07) is 0.684. The van der Waals surface area contributed by atoms with Crippen molar-refractivity contribution in [1.82, 2.24) is 35.4 Å². The Morgan fingerprint density at radius 2 is 0.941 bits per heavy atom. The number of hydrogen-bond acceptors (Lipinski definition) is 11. The third-order valence-electron chi connectivity index (χ3n) is 11.7. The first-order valence-electron chi connectivity index (χ1n) is 20.1. The van der Waals surface area contributed by atoms with Crippen molar-refractivity contribution in [3.8, 4) is 0 Å². The van der Waals surface area contributed by atoms with Crippen LogP contribution in [-0.4, -0.2) is 125 Å². The average Bonchev–Trinajstić information content (AvgIpc) is 3.04. The van der Waals surface area contributed by atoms with Crippen molar-refractivity contribution in [1.29, 1.82) is 0 Å². The number of hydrogen-bond donors (Lipinski definition) is 4. The third kappa shape index (κ3) is 13.8. The molecule has 0 atom stereocenters. The Balaban J connectivity index is 0.000000641. The predicted octanol–water partition coefficient (Wildman–Crippen LogP) is 5.90. The molecular formula is C39H80ClN11. The van der Waals surface area contributed by atoms with Crippen LogP contribution in [0.4, 0.5) is 11.9 Å². The molecule has 51 heavy (non-hydrogen) atoms. The smallest absolute Gasteiger partial charge is 0.231 e. The van der Waals surface area contributed by atoms with E-state index in [0.29, 0.717) is 17.4 Å². The second-order valence-corrected chi connectivity index (χ2v) is 17.9. The zero-order chi connectivity index (χ0) is 38.5. The maximum atomic E-state index is 6.72. The molecule has 6 N–H and O–H groups in total. The van der Waals surface area contributed by atoms with Crippen LogP contribution in [0.5, 0.6) is 0 Å². The summed E-state index contributed by atoms with van der Waals surface area (Å²) in [5.41, 5.74) is 11.0. The van der Waals surface area contributed by atoms with Gasteiger partial charge in [-0.25, -0.2) is 0 Å². The van der Waals surface area contributed by atoms with Gasteiger partial charge in [0.2, 0.25) is 17.2 Å². The molecule has 2 fully saturated rings. The van der Waals surface area contributed by atoms with E-state index in [1.807, 2.05) is 0 Å². The van der Waals surface area contributed by atoms with Gasteiger partial charge in [-0.2, -0.15) is 15.0 Å². The van der Waals surface area contributed by atoms with Crippen molar-refractivity contribution >= 4 is 23.5 Å². The predicted molar refractivity (Wildman–Crippen MR) is 220 cm³/mol. The molecule has 0 aromatic carbocycles. The van der Waals surface area contributed by atoms with Crippen LogP contribution < -0.4 is 31.9 Å². The van der Waals surface area contributed by atoms with E-state index in [-0.39, 0.29) is 22.2 Å². The van der Waals surface area contributed by atoms with Gasteiger partial charge in [0.25, 0.3) is 0 Å². The van der Waals surface area contributed by atoms with Gasteiger partial charge < -0.3 is 31.9 Å². The van der Waals surface area contributed by atoms with Crippen molar-refractivity contribution in [2.75, 3.05) is 76.3 Å². The molecule has 0 aliphatic carbocycles. The summed E-state index contributed by atoms with van der Waals surface area (Å²) in [6.07, 6.45) is 10.8. The quantitative estimate of drug-likeness (QED) is 0.127. The van der Waals surface area contributed by atoms with Crippen LogP contribution in [0.15, 0.2) is 0 Å². The minimum Gasteiger partial charge on any atom is -0.338 e. The van der Waals surface area contributed by atoms with Crippen molar-refractivity contribution in [2.24, 2.45) is 11.5 Å². The summed E-state index contributed by atoms with van der Waals surface area (Å²) in [7, 11) is 4.53. The number of nitrogens with two attached hydrogens (primary N) is 2. The molecule has 3 rings (SSSR count). The Labute approximate surface area is 318 Å². The van der Waals surface area contributed by atoms with E-state index >= 15 is 0 Å². The SMILES string of the molecule is CCCCN(c1nc(Cl)nc(N(CCCC)C2CC(C)(C)N(C)C(C)(C)C2)n1)C1CC(C)(C)N(C)C(C)(C)C1.NCCCNCCNCCCN. The number of likely N-dealkylation sites (tertiary alicyclic amines) is 2. The van der Waals surface area contributed by atoms with Gasteiger partial charge in [-0.05, 0) is 159 Å². The number of nitrogens with zero attached hydrogens (tertiary/aromatic N) is 7. The molecule has 2 aliphatic rings.